The van der Waals surface area contributed by atoms with Crippen molar-refractivity contribution in [3.05, 3.63) is 23.4 Å². The summed E-state index contributed by atoms with van der Waals surface area (Å²) in [4.78, 5) is 4.82. The highest BCUT2D eigenvalue weighted by Crippen LogP contribution is 2.37. The van der Waals surface area contributed by atoms with Gasteiger partial charge >= 0.3 is 0 Å². The molecule has 0 radical (unpaired) electrons. The number of rotatable bonds is 2. The first kappa shape index (κ1) is 13.0. The molecule has 3 rings (SSSR count). The van der Waals surface area contributed by atoms with Gasteiger partial charge in [-0.1, -0.05) is 6.42 Å². The number of pyridine rings is 1. The monoisotopic (exact) mass is 272 g/mol. The fraction of sp³-hybridized carbons (Fsp3) is 0.438. The second-order valence-electron chi connectivity index (χ2n) is 5.24. The summed E-state index contributed by atoms with van der Waals surface area (Å²) in [5.41, 5.74) is 10.4. The average molecular weight is 272 g/mol. The number of methoxy groups -OCH3 is 2. The Morgan fingerprint density at radius 1 is 1.05 bits per heavy atom. The molecule has 4 nitrogen and oxygen atoms in total. The zero-order chi connectivity index (χ0) is 14.1. The number of hydrogen-bond donors (Lipinski definition) is 1. The van der Waals surface area contributed by atoms with Crippen molar-refractivity contribution < 1.29 is 9.47 Å². The first-order chi connectivity index (χ1) is 9.74. The Balaban J connectivity index is 2.31. The summed E-state index contributed by atoms with van der Waals surface area (Å²) in [5, 5.41) is 0.932. The van der Waals surface area contributed by atoms with Crippen LogP contribution in [-0.4, -0.2) is 19.2 Å². The molecule has 0 unspecified atom stereocenters. The molecule has 1 aliphatic carbocycles. The summed E-state index contributed by atoms with van der Waals surface area (Å²) >= 11 is 0. The highest BCUT2D eigenvalue weighted by molar-refractivity contribution is 5.97. The van der Waals surface area contributed by atoms with E-state index in [2.05, 4.69) is 0 Å². The van der Waals surface area contributed by atoms with Gasteiger partial charge in [-0.2, -0.15) is 0 Å². The van der Waals surface area contributed by atoms with Gasteiger partial charge in [-0.15, -0.1) is 0 Å². The first-order valence-electron chi connectivity index (χ1n) is 7.07. The van der Waals surface area contributed by atoms with Gasteiger partial charge in [-0.25, -0.2) is 4.98 Å². The number of hydrogen-bond acceptors (Lipinski definition) is 4. The molecule has 0 fully saturated rings. The Hall–Kier alpha value is -1.97. The van der Waals surface area contributed by atoms with Crippen molar-refractivity contribution in [2.45, 2.75) is 32.1 Å². The number of nitrogens with zero attached hydrogens (tertiary/aromatic N) is 1. The molecule has 1 aromatic heterocycles. The second-order valence-corrected chi connectivity index (χ2v) is 5.24. The molecule has 0 spiro atoms. The molecule has 20 heavy (non-hydrogen) atoms. The maximum Gasteiger partial charge on any atom is 0.148 e. The van der Waals surface area contributed by atoms with E-state index in [-0.39, 0.29) is 0 Å². The van der Waals surface area contributed by atoms with Gasteiger partial charge in [0.05, 0.1) is 14.2 Å². The molecule has 4 heteroatoms. The lowest BCUT2D eigenvalue weighted by Gasteiger charge is -2.15. The van der Waals surface area contributed by atoms with Gasteiger partial charge in [0.2, 0.25) is 0 Å². The minimum absolute atomic E-state index is 0.720. The molecule has 0 aliphatic heterocycles. The number of anilines is 1. The smallest absolute Gasteiger partial charge is 0.148 e. The predicted octanol–water partition coefficient (Wildman–Crippen LogP) is 3.10. The van der Waals surface area contributed by atoms with Crippen LogP contribution in [-0.2, 0) is 12.8 Å². The third-order valence-electron chi connectivity index (χ3n) is 4.05. The topological polar surface area (TPSA) is 57.4 Å². The van der Waals surface area contributed by atoms with Crippen LogP contribution in [0, 0.1) is 0 Å². The number of benzene rings is 1. The van der Waals surface area contributed by atoms with Crippen LogP contribution in [0.4, 0.5) is 5.69 Å². The lowest BCUT2D eigenvalue weighted by atomic mass is 10.0. The van der Waals surface area contributed by atoms with Gasteiger partial charge in [-0.05, 0) is 37.3 Å². The van der Waals surface area contributed by atoms with Crippen LogP contribution in [0.1, 0.15) is 30.5 Å². The van der Waals surface area contributed by atoms with Crippen LogP contribution in [0.3, 0.4) is 0 Å². The summed E-state index contributed by atoms with van der Waals surface area (Å²) in [6.45, 7) is 0. The van der Waals surface area contributed by atoms with E-state index >= 15 is 0 Å². The van der Waals surface area contributed by atoms with E-state index in [1.165, 1.54) is 24.8 Å². The van der Waals surface area contributed by atoms with Crippen molar-refractivity contribution in [2.75, 3.05) is 20.0 Å². The quantitative estimate of drug-likeness (QED) is 0.853. The van der Waals surface area contributed by atoms with Gasteiger partial charge in [0.1, 0.15) is 17.0 Å². The molecule has 1 aliphatic rings. The standard InChI is InChI=1S/C16H20N2O2/c1-19-10-8-12-15(17)11-6-4-3-5-7-13(11)18-16(12)14(9-10)20-2/h8-9H,3-7H2,1-2H3,(H2,17,18). The molecule has 2 aromatic rings. The second kappa shape index (κ2) is 5.19. The van der Waals surface area contributed by atoms with E-state index in [1.807, 2.05) is 12.1 Å². The Kier molecular flexibility index (Phi) is 3.38. The van der Waals surface area contributed by atoms with Crippen molar-refractivity contribution >= 4 is 16.6 Å². The third-order valence-corrected chi connectivity index (χ3v) is 4.05. The van der Waals surface area contributed by atoms with Gasteiger partial charge < -0.3 is 15.2 Å². The SMILES string of the molecule is COc1cc(OC)c2nc3c(c(N)c2c1)CCCCC3. The van der Waals surface area contributed by atoms with Crippen LogP contribution < -0.4 is 15.2 Å². The molecule has 2 N–H and O–H groups in total. The molecule has 0 bridgehead atoms. The lowest BCUT2D eigenvalue weighted by Crippen LogP contribution is -2.04. The highest BCUT2D eigenvalue weighted by Gasteiger charge is 2.18. The Morgan fingerprint density at radius 3 is 2.60 bits per heavy atom. The Labute approximate surface area is 118 Å². The van der Waals surface area contributed by atoms with Crippen molar-refractivity contribution in [1.29, 1.82) is 0 Å². The van der Waals surface area contributed by atoms with Crippen molar-refractivity contribution in [3.63, 3.8) is 0 Å². The molecule has 0 amide bonds. The largest absolute Gasteiger partial charge is 0.497 e. The summed E-state index contributed by atoms with van der Waals surface area (Å²) in [6.07, 6.45) is 5.63. The van der Waals surface area contributed by atoms with Crippen molar-refractivity contribution in [3.8, 4) is 11.5 Å². The van der Waals surface area contributed by atoms with Crippen LogP contribution in [0.2, 0.25) is 0 Å². The number of aryl methyl sites for hydroxylation is 1. The first-order valence-corrected chi connectivity index (χ1v) is 7.07. The number of aromatic nitrogens is 1. The maximum atomic E-state index is 6.41. The van der Waals surface area contributed by atoms with Crippen molar-refractivity contribution in [2.24, 2.45) is 0 Å². The molecule has 0 saturated carbocycles. The molecule has 0 saturated heterocycles. The minimum atomic E-state index is 0.720. The van der Waals surface area contributed by atoms with Crippen molar-refractivity contribution in [1.82, 2.24) is 4.98 Å². The summed E-state index contributed by atoms with van der Waals surface area (Å²) in [7, 11) is 3.30. The molecular formula is C16H20N2O2. The molecule has 0 atom stereocenters. The van der Waals surface area contributed by atoms with E-state index < -0.39 is 0 Å². The number of nitrogens with two attached hydrogens (primary N) is 1. The van der Waals surface area contributed by atoms with Gasteiger partial charge in [-0.3, -0.25) is 0 Å². The maximum absolute atomic E-state index is 6.41. The molecule has 1 aromatic carbocycles. The van der Waals surface area contributed by atoms with Crippen LogP contribution in [0.15, 0.2) is 12.1 Å². The zero-order valence-corrected chi connectivity index (χ0v) is 12.0. The van der Waals surface area contributed by atoms with E-state index in [1.54, 1.807) is 14.2 Å². The Morgan fingerprint density at radius 2 is 1.85 bits per heavy atom. The van der Waals surface area contributed by atoms with E-state index in [0.29, 0.717) is 0 Å². The molecule has 1 heterocycles. The predicted molar refractivity (Wildman–Crippen MR) is 80.5 cm³/mol. The third kappa shape index (κ3) is 2.05. The van der Waals surface area contributed by atoms with Gasteiger partial charge in [0.25, 0.3) is 0 Å². The molecular weight excluding hydrogens is 252 g/mol. The number of ether oxygens (including phenoxy) is 2. The van der Waals surface area contributed by atoms with E-state index in [4.69, 9.17) is 20.2 Å². The summed E-state index contributed by atoms with van der Waals surface area (Å²) in [6, 6.07) is 3.81. The van der Waals surface area contributed by atoms with E-state index in [0.717, 1.165) is 46.6 Å². The number of nitrogen functional groups attached to an aromatic ring is 1. The minimum Gasteiger partial charge on any atom is -0.497 e. The number of fused-ring (bicyclic) bond motifs is 2. The van der Waals surface area contributed by atoms with Gasteiger partial charge in [0, 0.05) is 22.8 Å². The zero-order valence-electron chi connectivity index (χ0n) is 12.0. The average Bonchev–Trinajstić information content (AvgIpc) is 2.72. The Bertz CT molecular complexity index is 653. The van der Waals surface area contributed by atoms with Gasteiger partial charge in [0.15, 0.2) is 0 Å². The van der Waals surface area contributed by atoms with Crippen LogP contribution in [0.5, 0.6) is 11.5 Å². The summed E-state index contributed by atoms with van der Waals surface area (Å²) in [5.74, 6) is 1.47. The highest BCUT2D eigenvalue weighted by atomic mass is 16.5. The van der Waals surface area contributed by atoms with Crippen LogP contribution in [0.25, 0.3) is 10.9 Å². The van der Waals surface area contributed by atoms with Crippen LogP contribution >= 0.6 is 0 Å². The lowest BCUT2D eigenvalue weighted by molar-refractivity contribution is 0.397. The fourth-order valence-electron chi connectivity index (χ4n) is 2.95. The normalized spacial score (nSPS) is 14.7. The van der Waals surface area contributed by atoms with E-state index in [9.17, 15) is 0 Å². The molecule has 106 valence electrons. The summed E-state index contributed by atoms with van der Waals surface area (Å²) < 4.78 is 10.8. The fourth-order valence-corrected chi connectivity index (χ4v) is 2.95.